The Balaban J connectivity index is 1.66. The van der Waals surface area contributed by atoms with Gasteiger partial charge in [0.25, 0.3) is 5.91 Å². The second-order valence-corrected chi connectivity index (χ2v) is 5.74. The number of aryl methyl sites for hydroxylation is 1. The van der Waals surface area contributed by atoms with Gasteiger partial charge in [-0.1, -0.05) is 23.7 Å². The zero-order chi connectivity index (χ0) is 15.1. The fraction of sp³-hybridized carbons (Fsp3) is 0.562. The minimum Gasteiger partial charge on any atom is -0.378 e. The summed E-state index contributed by atoms with van der Waals surface area (Å²) in [5.74, 6) is -0.120. The number of carbonyl (C=O) groups is 1. The maximum Gasteiger partial charge on any atom is 0.252 e. The Morgan fingerprint density at radius 3 is 2.95 bits per heavy atom. The van der Waals surface area contributed by atoms with Crippen molar-refractivity contribution >= 4 is 17.5 Å². The van der Waals surface area contributed by atoms with Gasteiger partial charge in [0.05, 0.1) is 16.7 Å². The highest BCUT2D eigenvalue weighted by Crippen LogP contribution is 2.19. The first-order chi connectivity index (χ1) is 10.2. The number of carbonyl (C=O) groups excluding carboxylic acids is 1. The lowest BCUT2D eigenvalue weighted by molar-refractivity contribution is 0.0318. The largest absolute Gasteiger partial charge is 0.378 e. The minimum absolute atomic E-state index is 0.120. The highest BCUT2D eigenvalue weighted by atomic mass is 35.5. The molecule has 1 saturated heterocycles. The maximum absolute atomic E-state index is 12.0. The lowest BCUT2D eigenvalue weighted by atomic mass is 10.1. The first-order valence-corrected chi connectivity index (χ1v) is 7.92. The molecule has 0 aromatic heterocycles. The van der Waals surface area contributed by atoms with Gasteiger partial charge in [-0.15, -0.1) is 0 Å². The van der Waals surface area contributed by atoms with Crippen LogP contribution in [0.1, 0.15) is 35.2 Å². The summed E-state index contributed by atoms with van der Waals surface area (Å²) < 4.78 is 5.80. The van der Waals surface area contributed by atoms with Crippen LogP contribution in [-0.2, 0) is 4.74 Å². The van der Waals surface area contributed by atoms with E-state index in [0.29, 0.717) is 29.8 Å². The van der Waals surface area contributed by atoms with Gasteiger partial charge in [0.2, 0.25) is 0 Å². The molecule has 0 saturated carbocycles. The van der Waals surface area contributed by atoms with Crippen molar-refractivity contribution in [3.8, 4) is 0 Å². The molecule has 21 heavy (non-hydrogen) atoms. The summed E-state index contributed by atoms with van der Waals surface area (Å²) in [5, 5.41) is 6.73. The summed E-state index contributed by atoms with van der Waals surface area (Å²) in [5.41, 5.74) is 1.45. The van der Waals surface area contributed by atoms with Crippen molar-refractivity contribution in [2.24, 2.45) is 0 Å². The predicted molar refractivity (Wildman–Crippen MR) is 85.0 cm³/mol. The van der Waals surface area contributed by atoms with Crippen molar-refractivity contribution in [2.75, 3.05) is 26.2 Å². The van der Waals surface area contributed by atoms with Crippen LogP contribution in [0.3, 0.4) is 0 Å². The third-order valence-electron chi connectivity index (χ3n) is 3.68. The van der Waals surface area contributed by atoms with Gasteiger partial charge in [-0.2, -0.15) is 0 Å². The molecule has 1 heterocycles. The van der Waals surface area contributed by atoms with Crippen molar-refractivity contribution in [3.63, 3.8) is 0 Å². The lowest BCUT2D eigenvalue weighted by Crippen LogP contribution is -2.33. The second kappa shape index (κ2) is 8.37. The van der Waals surface area contributed by atoms with Crippen LogP contribution in [0.4, 0.5) is 0 Å². The Kier molecular flexibility index (Phi) is 6.49. The van der Waals surface area contributed by atoms with E-state index >= 15 is 0 Å². The van der Waals surface area contributed by atoms with E-state index in [9.17, 15) is 4.79 Å². The van der Waals surface area contributed by atoms with Crippen molar-refractivity contribution in [2.45, 2.75) is 32.3 Å². The van der Waals surface area contributed by atoms with Crippen molar-refractivity contribution < 1.29 is 9.53 Å². The summed E-state index contributed by atoms with van der Waals surface area (Å²) in [6.45, 7) is 5.26. The molecule has 1 aliphatic heterocycles. The number of ether oxygens (including phenoxy) is 1. The first-order valence-electron chi connectivity index (χ1n) is 7.54. The van der Waals surface area contributed by atoms with Gasteiger partial charge >= 0.3 is 0 Å². The van der Waals surface area contributed by atoms with Gasteiger partial charge in [-0.25, -0.2) is 0 Å². The van der Waals surface area contributed by atoms with Crippen LogP contribution in [0.25, 0.3) is 0 Å². The molecule has 1 fully saturated rings. The molecule has 0 unspecified atom stereocenters. The number of rotatable bonds is 6. The van der Waals surface area contributed by atoms with E-state index in [1.165, 1.54) is 0 Å². The molecule has 1 amide bonds. The van der Waals surface area contributed by atoms with Gasteiger partial charge in [-0.05, 0) is 50.9 Å². The smallest absolute Gasteiger partial charge is 0.252 e. The van der Waals surface area contributed by atoms with Gasteiger partial charge in [-0.3, -0.25) is 4.79 Å². The molecule has 0 aliphatic carbocycles. The van der Waals surface area contributed by atoms with Gasteiger partial charge < -0.3 is 15.4 Å². The molecule has 1 aromatic carbocycles. The molecule has 2 N–H and O–H groups in total. The zero-order valence-electron chi connectivity index (χ0n) is 12.5. The molecule has 1 aromatic rings. The fourth-order valence-electron chi connectivity index (χ4n) is 2.40. The number of benzene rings is 1. The molecule has 116 valence electrons. The number of piperidine rings is 1. The normalized spacial score (nSPS) is 15.9. The van der Waals surface area contributed by atoms with E-state index in [2.05, 4.69) is 10.6 Å². The number of hydrogen-bond acceptors (Lipinski definition) is 3. The topological polar surface area (TPSA) is 50.4 Å². The Morgan fingerprint density at radius 2 is 2.19 bits per heavy atom. The van der Waals surface area contributed by atoms with Gasteiger partial charge in [0.1, 0.15) is 0 Å². The third kappa shape index (κ3) is 4.99. The van der Waals surface area contributed by atoms with Crippen LogP contribution in [0, 0.1) is 6.92 Å². The van der Waals surface area contributed by atoms with E-state index in [1.54, 1.807) is 6.07 Å². The number of amides is 1. The summed E-state index contributed by atoms with van der Waals surface area (Å²) in [6, 6.07) is 5.48. The van der Waals surface area contributed by atoms with E-state index in [-0.39, 0.29) is 5.91 Å². The summed E-state index contributed by atoms with van der Waals surface area (Å²) in [4.78, 5) is 12.0. The Labute approximate surface area is 131 Å². The summed E-state index contributed by atoms with van der Waals surface area (Å²) in [6.07, 6.45) is 3.34. The Hall–Kier alpha value is -1.10. The number of hydrogen-bond donors (Lipinski definition) is 2. The van der Waals surface area contributed by atoms with Crippen molar-refractivity contribution in [1.29, 1.82) is 0 Å². The summed E-state index contributed by atoms with van der Waals surface area (Å²) >= 11 is 6.14. The van der Waals surface area contributed by atoms with Crippen LogP contribution in [0.15, 0.2) is 18.2 Å². The fourth-order valence-corrected chi connectivity index (χ4v) is 2.62. The highest BCUT2D eigenvalue weighted by molar-refractivity contribution is 6.34. The van der Waals surface area contributed by atoms with Crippen LogP contribution in [-0.4, -0.2) is 38.3 Å². The number of halogens is 1. The van der Waals surface area contributed by atoms with Crippen molar-refractivity contribution in [3.05, 3.63) is 34.3 Å². The first kappa shape index (κ1) is 16.3. The zero-order valence-corrected chi connectivity index (χ0v) is 13.2. The third-order valence-corrected chi connectivity index (χ3v) is 4.18. The second-order valence-electron chi connectivity index (χ2n) is 5.37. The molecular formula is C16H23ClN2O2. The molecule has 0 bridgehead atoms. The Morgan fingerprint density at radius 1 is 1.43 bits per heavy atom. The quantitative estimate of drug-likeness (QED) is 0.794. The van der Waals surface area contributed by atoms with E-state index in [1.807, 2.05) is 19.1 Å². The van der Waals surface area contributed by atoms with Crippen LogP contribution < -0.4 is 10.6 Å². The van der Waals surface area contributed by atoms with Crippen LogP contribution in [0.5, 0.6) is 0 Å². The number of nitrogens with one attached hydrogen (secondary N) is 2. The molecule has 0 atom stereocenters. The standard InChI is InChI=1S/C16H23ClN2O2/c1-12-4-2-5-14(15(12)17)16(20)19-8-3-11-21-13-6-9-18-10-7-13/h2,4-5,13,18H,3,6-11H2,1H3,(H,19,20). The average Bonchev–Trinajstić information content (AvgIpc) is 2.50. The molecule has 5 heteroatoms. The Bertz CT molecular complexity index is 473. The van der Waals surface area contributed by atoms with Gasteiger partial charge in [0, 0.05) is 13.2 Å². The minimum atomic E-state index is -0.120. The van der Waals surface area contributed by atoms with E-state index < -0.39 is 0 Å². The molecule has 0 spiro atoms. The molecule has 1 aliphatic rings. The molecule has 2 rings (SSSR count). The SMILES string of the molecule is Cc1cccc(C(=O)NCCCOC2CCNCC2)c1Cl. The van der Waals surface area contributed by atoms with Gasteiger partial charge in [0.15, 0.2) is 0 Å². The van der Waals surface area contributed by atoms with E-state index in [0.717, 1.165) is 37.9 Å². The lowest BCUT2D eigenvalue weighted by Gasteiger charge is -2.22. The molecular weight excluding hydrogens is 288 g/mol. The van der Waals surface area contributed by atoms with Crippen LogP contribution in [0.2, 0.25) is 5.02 Å². The monoisotopic (exact) mass is 310 g/mol. The predicted octanol–water partition coefficient (Wildman–Crippen LogP) is 2.54. The van der Waals surface area contributed by atoms with Crippen molar-refractivity contribution in [1.82, 2.24) is 10.6 Å². The molecule has 0 radical (unpaired) electrons. The summed E-state index contributed by atoms with van der Waals surface area (Å²) in [7, 11) is 0. The highest BCUT2D eigenvalue weighted by Gasteiger charge is 2.13. The van der Waals surface area contributed by atoms with E-state index in [4.69, 9.17) is 16.3 Å². The van der Waals surface area contributed by atoms with Crippen LogP contribution >= 0.6 is 11.6 Å². The maximum atomic E-state index is 12.0. The average molecular weight is 311 g/mol. The molecule has 4 nitrogen and oxygen atoms in total.